The molecule has 0 aliphatic carbocycles. The van der Waals surface area contributed by atoms with Crippen LogP contribution in [0.15, 0.2) is 60.2 Å². The summed E-state index contributed by atoms with van der Waals surface area (Å²) >= 11 is 1.67. The van der Waals surface area contributed by atoms with Gasteiger partial charge in [-0.1, -0.05) is 42.0 Å². The number of hydrogen-bond donors (Lipinski definition) is 4. The van der Waals surface area contributed by atoms with Gasteiger partial charge in [0.15, 0.2) is 0 Å². The number of aromatic nitrogens is 1. The van der Waals surface area contributed by atoms with E-state index in [2.05, 4.69) is 46.8 Å². The van der Waals surface area contributed by atoms with E-state index >= 15 is 0 Å². The first-order valence-electron chi connectivity index (χ1n) is 9.49. The Balaban J connectivity index is 0.000000169. The van der Waals surface area contributed by atoms with Gasteiger partial charge in [0.25, 0.3) is 0 Å². The summed E-state index contributed by atoms with van der Waals surface area (Å²) in [4.78, 5) is 15.3. The minimum atomic E-state index is -1.11. The van der Waals surface area contributed by atoms with E-state index < -0.39 is 6.09 Å². The summed E-state index contributed by atoms with van der Waals surface area (Å²) in [5.74, 6) is -0.361. The smallest absolute Gasteiger partial charge is 0.404 e. The number of rotatable bonds is 3. The van der Waals surface area contributed by atoms with E-state index in [-0.39, 0.29) is 18.5 Å². The Morgan fingerprint density at radius 3 is 2.57 bits per heavy atom. The molecule has 160 valence electrons. The van der Waals surface area contributed by atoms with Crippen LogP contribution in [0.4, 0.5) is 9.18 Å². The predicted molar refractivity (Wildman–Crippen MR) is 117 cm³/mol. The van der Waals surface area contributed by atoms with Gasteiger partial charge in [0.2, 0.25) is 0 Å². The highest BCUT2D eigenvalue weighted by Crippen LogP contribution is 2.22. The molecule has 1 atom stereocenters. The van der Waals surface area contributed by atoms with Crippen molar-refractivity contribution in [3.8, 4) is 10.4 Å². The van der Waals surface area contributed by atoms with Crippen molar-refractivity contribution in [3.05, 3.63) is 77.2 Å². The molecule has 4 N–H and O–H groups in total. The molecule has 0 saturated carbocycles. The highest BCUT2D eigenvalue weighted by atomic mass is 32.1. The van der Waals surface area contributed by atoms with Crippen molar-refractivity contribution in [1.82, 2.24) is 15.6 Å². The molecule has 1 aromatic heterocycles. The fourth-order valence-corrected chi connectivity index (χ4v) is 3.17. The minimum absolute atomic E-state index is 0.0648. The third-order valence-corrected chi connectivity index (χ3v) is 4.96. The normalized spacial score (nSPS) is 14.7. The molecular formula is C22H26FN3O3S. The lowest BCUT2D eigenvalue weighted by Gasteiger charge is -2.00. The Morgan fingerprint density at radius 2 is 2.07 bits per heavy atom. The van der Waals surface area contributed by atoms with Gasteiger partial charge in [0, 0.05) is 19.3 Å². The molecule has 0 bridgehead atoms. The van der Waals surface area contributed by atoms with Crippen molar-refractivity contribution < 1.29 is 19.4 Å². The number of aryl methyl sites for hydroxylation is 1. The monoisotopic (exact) mass is 431 g/mol. The maximum Gasteiger partial charge on any atom is 0.404 e. The average Bonchev–Trinajstić information content (AvgIpc) is 3.42. The van der Waals surface area contributed by atoms with E-state index in [1.54, 1.807) is 17.4 Å². The van der Waals surface area contributed by atoms with Gasteiger partial charge in [-0.2, -0.15) is 0 Å². The third-order valence-electron chi connectivity index (χ3n) is 4.14. The Kier molecular flexibility index (Phi) is 9.93. The van der Waals surface area contributed by atoms with E-state index in [1.165, 1.54) is 34.2 Å². The summed E-state index contributed by atoms with van der Waals surface area (Å²) in [6.07, 6.45) is 1.65. The lowest BCUT2D eigenvalue weighted by Crippen LogP contribution is -2.19. The van der Waals surface area contributed by atoms with Crippen LogP contribution in [0.3, 0.4) is 0 Å². The maximum atomic E-state index is 12.5. The molecule has 2 heterocycles. The highest BCUT2D eigenvalue weighted by molar-refractivity contribution is 7.13. The van der Waals surface area contributed by atoms with Gasteiger partial charge < -0.3 is 20.8 Å². The second-order valence-electron chi connectivity index (χ2n) is 6.67. The Hall–Kier alpha value is -2.81. The van der Waals surface area contributed by atoms with Crippen LogP contribution in [0.2, 0.25) is 0 Å². The summed E-state index contributed by atoms with van der Waals surface area (Å²) in [5, 5.41) is 22.1. The largest absolute Gasteiger partial charge is 0.465 e. The van der Waals surface area contributed by atoms with Crippen LogP contribution in [-0.4, -0.2) is 40.5 Å². The van der Waals surface area contributed by atoms with Gasteiger partial charge in [-0.3, -0.25) is 4.98 Å². The zero-order valence-corrected chi connectivity index (χ0v) is 17.5. The summed E-state index contributed by atoms with van der Waals surface area (Å²) in [6, 6.07) is 14.3. The quantitative estimate of drug-likeness (QED) is 0.502. The second kappa shape index (κ2) is 12.7. The SMILES string of the molecule is Cc1ccc(-c2cncs2)cc1.O=C(O)NCc1cccc(F)c1.OC1CCNC1. The number of carboxylic acid groups (broad SMARTS) is 1. The Labute approximate surface area is 179 Å². The number of hydrogen-bond acceptors (Lipinski definition) is 5. The van der Waals surface area contributed by atoms with Crippen molar-refractivity contribution in [2.45, 2.75) is 26.0 Å². The van der Waals surface area contributed by atoms with Crippen molar-refractivity contribution in [1.29, 1.82) is 0 Å². The molecule has 6 nitrogen and oxygen atoms in total. The highest BCUT2D eigenvalue weighted by Gasteiger charge is 2.08. The number of β-amino-alcohol motifs (C(OH)–C–C–N with tert-alkyl or cyclic N) is 1. The molecule has 4 rings (SSSR count). The topological polar surface area (TPSA) is 94.5 Å². The number of carbonyl (C=O) groups is 1. The molecule has 0 spiro atoms. The molecule has 1 saturated heterocycles. The fourth-order valence-electron chi connectivity index (χ4n) is 2.54. The van der Waals surface area contributed by atoms with Gasteiger partial charge in [-0.25, -0.2) is 9.18 Å². The summed E-state index contributed by atoms with van der Waals surface area (Å²) in [5.41, 5.74) is 5.01. The number of aliphatic hydroxyl groups is 1. The molecule has 1 aliphatic heterocycles. The molecule has 1 aliphatic rings. The fraction of sp³-hybridized carbons (Fsp3) is 0.273. The lowest BCUT2D eigenvalue weighted by atomic mass is 10.1. The molecule has 1 unspecified atom stereocenters. The number of aliphatic hydroxyl groups excluding tert-OH is 1. The number of amides is 1. The number of nitrogens with one attached hydrogen (secondary N) is 2. The molecule has 8 heteroatoms. The molecule has 0 radical (unpaired) electrons. The van der Waals surface area contributed by atoms with Crippen LogP contribution in [0.1, 0.15) is 17.5 Å². The number of thiazole rings is 1. The average molecular weight is 432 g/mol. The second-order valence-corrected chi connectivity index (χ2v) is 7.55. The number of halogens is 1. The van der Waals surface area contributed by atoms with Gasteiger partial charge in [-0.05, 0) is 43.1 Å². The zero-order chi connectivity index (χ0) is 21.8. The van der Waals surface area contributed by atoms with Crippen molar-refractivity contribution in [3.63, 3.8) is 0 Å². The predicted octanol–water partition coefficient (Wildman–Crippen LogP) is 4.05. The summed E-state index contributed by atoms with van der Waals surface area (Å²) < 4.78 is 12.5. The first-order chi connectivity index (χ1) is 14.4. The Bertz CT molecular complexity index is 883. The van der Waals surface area contributed by atoms with E-state index in [9.17, 15) is 9.18 Å². The van der Waals surface area contributed by atoms with Crippen LogP contribution < -0.4 is 10.6 Å². The molecule has 30 heavy (non-hydrogen) atoms. The van der Waals surface area contributed by atoms with E-state index in [0.717, 1.165) is 19.5 Å². The summed E-state index contributed by atoms with van der Waals surface area (Å²) in [6.45, 7) is 4.00. The third kappa shape index (κ3) is 9.13. The maximum absolute atomic E-state index is 12.5. The molecule has 2 aromatic carbocycles. The van der Waals surface area contributed by atoms with E-state index in [0.29, 0.717) is 5.56 Å². The lowest BCUT2D eigenvalue weighted by molar-refractivity contribution is 0.193. The van der Waals surface area contributed by atoms with Crippen molar-refractivity contribution >= 4 is 17.4 Å². The molecule has 1 fully saturated rings. The van der Waals surface area contributed by atoms with Crippen molar-refractivity contribution in [2.75, 3.05) is 13.1 Å². The van der Waals surface area contributed by atoms with Crippen LogP contribution in [0, 0.1) is 12.7 Å². The van der Waals surface area contributed by atoms with Crippen LogP contribution in [0.5, 0.6) is 0 Å². The van der Waals surface area contributed by atoms with Gasteiger partial charge in [-0.15, -0.1) is 11.3 Å². The van der Waals surface area contributed by atoms with E-state index in [4.69, 9.17) is 10.2 Å². The van der Waals surface area contributed by atoms with Crippen LogP contribution >= 0.6 is 11.3 Å². The first-order valence-corrected chi connectivity index (χ1v) is 10.4. The molecular weight excluding hydrogens is 405 g/mol. The van der Waals surface area contributed by atoms with Crippen LogP contribution in [-0.2, 0) is 6.54 Å². The summed E-state index contributed by atoms with van der Waals surface area (Å²) in [7, 11) is 0. The number of nitrogens with zero attached hydrogens (tertiary/aromatic N) is 1. The van der Waals surface area contributed by atoms with Gasteiger partial charge >= 0.3 is 6.09 Å². The first kappa shape index (κ1) is 23.5. The minimum Gasteiger partial charge on any atom is -0.465 e. The molecule has 1 amide bonds. The van der Waals surface area contributed by atoms with Gasteiger partial charge in [0.1, 0.15) is 5.82 Å². The zero-order valence-electron chi connectivity index (χ0n) is 16.7. The van der Waals surface area contributed by atoms with Crippen molar-refractivity contribution in [2.24, 2.45) is 0 Å². The Morgan fingerprint density at radius 1 is 1.30 bits per heavy atom. The van der Waals surface area contributed by atoms with Gasteiger partial charge in [0.05, 0.1) is 16.5 Å². The standard InChI is InChI=1S/C10H9NS.C8H8FNO2.C4H9NO/c1-8-2-4-9(5-3-8)10-6-11-7-12-10;9-7-3-1-2-6(4-7)5-10-8(11)12;6-4-1-2-5-3-4/h2-7H,1H3;1-4,10H,5H2,(H,11,12);4-6H,1-3H2. The number of benzene rings is 2. The van der Waals surface area contributed by atoms with E-state index in [1.807, 2.05) is 11.7 Å². The van der Waals surface area contributed by atoms with Crippen LogP contribution in [0.25, 0.3) is 10.4 Å². The molecule has 3 aromatic rings.